The summed E-state index contributed by atoms with van der Waals surface area (Å²) >= 11 is 0. The lowest BCUT2D eigenvalue weighted by molar-refractivity contribution is -0.118. The predicted molar refractivity (Wildman–Crippen MR) is 97.0 cm³/mol. The Morgan fingerprint density at radius 1 is 1.19 bits per heavy atom. The smallest absolute Gasteiger partial charge is 0.237 e. The number of aromatic nitrogens is 2. The van der Waals surface area contributed by atoms with Gasteiger partial charge in [-0.1, -0.05) is 23.4 Å². The molecule has 1 fully saturated rings. The summed E-state index contributed by atoms with van der Waals surface area (Å²) in [7, 11) is 1.62. The summed E-state index contributed by atoms with van der Waals surface area (Å²) < 4.78 is 10.7. The molecule has 1 aromatic carbocycles. The van der Waals surface area contributed by atoms with Crippen molar-refractivity contribution in [3.8, 4) is 17.1 Å². The Morgan fingerprint density at radius 3 is 2.73 bits per heavy atom. The zero-order chi connectivity index (χ0) is 18.1. The van der Waals surface area contributed by atoms with Crippen molar-refractivity contribution >= 4 is 11.7 Å². The van der Waals surface area contributed by atoms with E-state index in [9.17, 15) is 4.79 Å². The second-order valence-electron chi connectivity index (χ2n) is 6.51. The van der Waals surface area contributed by atoms with Crippen molar-refractivity contribution in [2.75, 3.05) is 12.4 Å². The second-order valence-corrected chi connectivity index (χ2v) is 6.51. The van der Waals surface area contributed by atoms with Crippen LogP contribution in [0, 0.1) is 6.92 Å². The number of pyridine rings is 1. The minimum atomic E-state index is -0.633. The Balaban J connectivity index is 1.57. The molecule has 26 heavy (non-hydrogen) atoms. The van der Waals surface area contributed by atoms with Crippen molar-refractivity contribution in [1.29, 1.82) is 0 Å². The number of hydrogen-bond acceptors (Lipinski definition) is 5. The molecule has 2 heterocycles. The largest absolute Gasteiger partial charge is 0.497 e. The van der Waals surface area contributed by atoms with E-state index in [0.29, 0.717) is 17.3 Å². The van der Waals surface area contributed by atoms with Gasteiger partial charge in [0.15, 0.2) is 5.76 Å². The van der Waals surface area contributed by atoms with Gasteiger partial charge in [0, 0.05) is 17.3 Å². The number of ether oxygens (including phenoxy) is 1. The second kappa shape index (κ2) is 6.29. The SMILES string of the molecule is COc1cccc(-c2cc(C3(C(=O)Nc4cccc(C)n4)CC3)no2)c1. The van der Waals surface area contributed by atoms with Gasteiger partial charge in [-0.05, 0) is 44.0 Å². The zero-order valence-corrected chi connectivity index (χ0v) is 14.7. The van der Waals surface area contributed by atoms with Gasteiger partial charge in [0.1, 0.15) is 11.6 Å². The average Bonchev–Trinajstić information content (AvgIpc) is 3.32. The Kier molecular flexibility index (Phi) is 3.95. The van der Waals surface area contributed by atoms with Crippen molar-refractivity contribution in [3.63, 3.8) is 0 Å². The van der Waals surface area contributed by atoms with Crippen LogP contribution in [0.1, 0.15) is 24.2 Å². The molecule has 0 atom stereocenters. The molecule has 1 aliphatic carbocycles. The standard InChI is InChI=1S/C20H19N3O3/c1-13-5-3-8-18(21-13)22-19(24)20(9-10-20)17-12-16(26-23-17)14-6-4-7-15(11-14)25-2/h3-8,11-12H,9-10H2,1-2H3,(H,21,22,24). The molecule has 0 spiro atoms. The highest BCUT2D eigenvalue weighted by atomic mass is 16.5. The Bertz CT molecular complexity index is 960. The maximum absolute atomic E-state index is 12.8. The molecule has 6 heteroatoms. The molecule has 0 unspecified atom stereocenters. The summed E-state index contributed by atoms with van der Waals surface area (Å²) in [5, 5.41) is 7.07. The van der Waals surface area contributed by atoms with Crippen LogP contribution in [0.5, 0.6) is 5.75 Å². The molecule has 1 N–H and O–H groups in total. The van der Waals surface area contributed by atoms with Crippen molar-refractivity contribution < 1.29 is 14.1 Å². The van der Waals surface area contributed by atoms with Crippen molar-refractivity contribution in [3.05, 3.63) is 59.9 Å². The third-order valence-electron chi connectivity index (χ3n) is 4.67. The van der Waals surface area contributed by atoms with E-state index in [0.717, 1.165) is 29.8 Å². The van der Waals surface area contributed by atoms with Crippen LogP contribution in [0.25, 0.3) is 11.3 Å². The van der Waals surface area contributed by atoms with Gasteiger partial charge in [0.2, 0.25) is 5.91 Å². The van der Waals surface area contributed by atoms with Crippen molar-refractivity contribution in [2.24, 2.45) is 0 Å². The van der Waals surface area contributed by atoms with Crippen molar-refractivity contribution in [2.45, 2.75) is 25.2 Å². The molecule has 2 aromatic heterocycles. The van der Waals surface area contributed by atoms with Crippen LogP contribution in [0.15, 0.2) is 53.1 Å². The molecule has 1 saturated carbocycles. The highest BCUT2D eigenvalue weighted by molar-refractivity contribution is 6.00. The van der Waals surface area contributed by atoms with Gasteiger partial charge in [-0.2, -0.15) is 0 Å². The number of carbonyl (C=O) groups is 1. The van der Waals surface area contributed by atoms with E-state index in [1.807, 2.05) is 49.4 Å². The van der Waals surface area contributed by atoms with E-state index in [1.54, 1.807) is 13.2 Å². The average molecular weight is 349 g/mol. The zero-order valence-electron chi connectivity index (χ0n) is 14.7. The highest BCUT2D eigenvalue weighted by Crippen LogP contribution is 2.49. The van der Waals surface area contributed by atoms with Gasteiger partial charge >= 0.3 is 0 Å². The molecular formula is C20H19N3O3. The van der Waals surface area contributed by atoms with Crippen LogP contribution in [-0.4, -0.2) is 23.2 Å². The molecule has 0 aliphatic heterocycles. The number of anilines is 1. The number of rotatable bonds is 5. The van der Waals surface area contributed by atoms with Crippen LogP contribution < -0.4 is 10.1 Å². The molecule has 6 nitrogen and oxygen atoms in total. The Labute approximate surface area is 151 Å². The lowest BCUT2D eigenvalue weighted by atomic mass is 10.0. The van der Waals surface area contributed by atoms with Gasteiger partial charge < -0.3 is 14.6 Å². The molecule has 3 aromatic rings. The van der Waals surface area contributed by atoms with Gasteiger partial charge in [-0.15, -0.1) is 0 Å². The fourth-order valence-corrected chi connectivity index (χ4v) is 2.99. The Morgan fingerprint density at radius 2 is 2.00 bits per heavy atom. The lowest BCUT2D eigenvalue weighted by Gasteiger charge is -2.12. The van der Waals surface area contributed by atoms with E-state index >= 15 is 0 Å². The summed E-state index contributed by atoms with van der Waals surface area (Å²) in [6.07, 6.45) is 1.49. The monoisotopic (exact) mass is 349 g/mol. The number of carbonyl (C=O) groups excluding carboxylic acids is 1. The van der Waals surface area contributed by atoms with Crippen LogP contribution >= 0.6 is 0 Å². The van der Waals surface area contributed by atoms with Gasteiger partial charge in [-0.3, -0.25) is 4.79 Å². The minimum absolute atomic E-state index is 0.0962. The lowest BCUT2D eigenvalue weighted by Crippen LogP contribution is -2.28. The molecule has 1 amide bonds. The summed E-state index contributed by atoms with van der Waals surface area (Å²) in [6.45, 7) is 1.89. The number of methoxy groups -OCH3 is 1. The number of hydrogen-bond donors (Lipinski definition) is 1. The first-order valence-corrected chi connectivity index (χ1v) is 8.47. The summed E-state index contributed by atoms with van der Waals surface area (Å²) in [5.41, 5.74) is 1.74. The number of benzene rings is 1. The van der Waals surface area contributed by atoms with E-state index < -0.39 is 5.41 Å². The summed E-state index contributed by atoms with van der Waals surface area (Å²) in [6, 6.07) is 14.9. The van der Waals surface area contributed by atoms with E-state index in [-0.39, 0.29) is 5.91 Å². The van der Waals surface area contributed by atoms with Crippen LogP contribution in [0.2, 0.25) is 0 Å². The molecule has 0 radical (unpaired) electrons. The van der Waals surface area contributed by atoms with Crippen LogP contribution in [-0.2, 0) is 10.2 Å². The molecule has 4 rings (SSSR count). The first-order valence-electron chi connectivity index (χ1n) is 8.47. The van der Waals surface area contributed by atoms with Crippen LogP contribution in [0.4, 0.5) is 5.82 Å². The van der Waals surface area contributed by atoms with Gasteiger partial charge in [-0.25, -0.2) is 4.98 Å². The molecule has 1 aliphatic rings. The first kappa shape index (κ1) is 16.3. The molecular weight excluding hydrogens is 330 g/mol. The van der Waals surface area contributed by atoms with E-state index in [1.165, 1.54) is 0 Å². The number of nitrogens with one attached hydrogen (secondary N) is 1. The quantitative estimate of drug-likeness (QED) is 0.759. The predicted octanol–water partition coefficient (Wildman–Crippen LogP) is 3.72. The third kappa shape index (κ3) is 2.94. The summed E-state index contributed by atoms with van der Waals surface area (Å²) in [5.74, 6) is 1.82. The van der Waals surface area contributed by atoms with Gasteiger partial charge in [0.25, 0.3) is 0 Å². The Hall–Kier alpha value is -3.15. The molecule has 132 valence electrons. The fourth-order valence-electron chi connectivity index (χ4n) is 2.99. The normalized spacial score (nSPS) is 14.7. The van der Waals surface area contributed by atoms with Crippen molar-refractivity contribution in [1.82, 2.24) is 10.1 Å². The molecule has 0 bridgehead atoms. The first-order chi connectivity index (χ1) is 12.6. The van der Waals surface area contributed by atoms with Gasteiger partial charge in [0.05, 0.1) is 18.2 Å². The number of amides is 1. The summed E-state index contributed by atoms with van der Waals surface area (Å²) in [4.78, 5) is 17.1. The van der Waals surface area contributed by atoms with Crippen LogP contribution in [0.3, 0.4) is 0 Å². The maximum atomic E-state index is 12.8. The fraction of sp³-hybridized carbons (Fsp3) is 0.250. The maximum Gasteiger partial charge on any atom is 0.237 e. The third-order valence-corrected chi connectivity index (χ3v) is 4.67. The number of nitrogens with zero attached hydrogens (tertiary/aromatic N) is 2. The number of aryl methyl sites for hydroxylation is 1. The van der Waals surface area contributed by atoms with E-state index in [4.69, 9.17) is 9.26 Å². The van der Waals surface area contributed by atoms with E-state index in [2.05, 4.69) is 15.5 Å². The topological polar surface area (TPSA) is 77.2 Å². The highest BCUT2D eigenvalue weighted by Gasteiger charge is 2.54. The molecule has 0 saturated heterocycles. The minimum Gasteiger partial charge on any atom is -0.497 e.